The number of carboxylic acids is 1. The molecular formula is C16H23F3N4O3. The number of halogens is 3. The average molecular weight is 376 g/mol. The molecule has 2 amide bonds. The summed E-state index contributed by atoms with van der Waals surface area (Å²) in [7, 11) is 1.80. The summed E-state index contributed by atoms with van der Waals surface area (Å²) in [6, 6.07) is -0.698. The second-order valence-corrected chi connectivity index (χ2v) is 6.36. The monoisotopic (exact) mass is 376 g/mol. The minimum absolute atomic E-state index is 0.143. The highest BCUT2D eigenvalue weighted by atomic mass is 19.4. The number of nitrogens with zero attached hydrogens (tertiary/aromatic N) is 3. The van der Waals surface area contributed by atoms with E-state index in [2.05, 4.69) is 10.4 Å². The summed E-state index contributed by atoms with van der Waals surface area (Å²) >= 11 is 0. The van der Waals surface area contributed by atoms with Crippen molar-refractivity contribution in [3.05, 3.63) is 17.0 Å². The van der Waals surface area contributed by atoms with Gasteiger partial charge in [0.05, 0.1) is 17.5 Å². The lowest BCUT2D eigenvalue weighted by Crippen LogP contribution is -2.39. The Morgan fingerprint density at radius 3 is 2.38 bits per heavy atom. The zero-order valence-electron chi connectivity index (χ0n) is 14.9. The number of carboxylic acid groups (broad SMARTS) is 1. The first-order valence-electron chi connectivity index (χ1n) is 8.45. The molecule has 7 nitrogen and oxygen atoms in total. The third-order valence-electron chi connectivity index (χ3n) is 4.79. The SMILES string of the molecule is CCc1nn(C)c(CC)c1CNC(=O)N1C[C@@H](C(F)(F)F)[C@H](C(=O)O)C1. The van der Waals surface area contributed by atoms with E-state index in [1.165, 1.54) is 0 Å². The molecule has 0 unspecified atom stereocenters. The number of carbonyl (C=O) groups excluding carboxylic acids is 1. The second kappa shape index (κ2) is 7.55. The number of urea groups is 1. The van der Waals surface area contributed by atoms with Crippen LogP contribution in [0.4, 0.5) is 18.0 Å². The molecule has 0 spiro atoms. The van der Waals surface area contributed by atoms with E-state index < -0.39 is 43.1 Å². The van der Waals surface area contributed by atoms with Crippen LogP contribution >= 0.6 is 0 Å². The van der Waals surface area contributed by atoms with Crippen LogP contribution in [0.5, 0.6) is 0 Å². The van der Waals surface area contributed by atoms with Gasteiger partial charge in [-0.1, -0.05) is 13.8 Å². The van der Waals surface area contributed by atoms with Crippen molar-refractivity contribution in [3.8, 4) is 0 Å². The first-order chi connectivity index (χ1) is 12.1. The van der Waals surface area contributed by atoms with Crippen molar-refractivity contribution in [3.63, 3.8) is 0 Å². The van der Waals surface area contributed by atoms with Crippen molar-refractivity contribution in [2.24, 2.45) is 18.9 Å². The zero-order valence-corrected chi connectivity index (χ0v) is 14.9. The van der Waals surface area contributed by atoms with E-state index in [9.17, 15) is 22.8 Å². The first kappa shape index (κ1) is 20.1. The number of likely N-dealkylation sites (tertiary alicyclic amines) is 1. The number of rotatable bonds is 5. The van der Waals surface area contributed by atoms with Crippen LogP contribution in [0.2, 0.25) is 0 Å². The molecule has 26 heavy (non-hydrogen) atoms. The molecule has 2 heterocycles. The molecule has 0 saturated carbocycles. The van der Waals surface area contributed by atoms with Crippen molar-refractivity contribution in [1.82, 2.24) is 20.0 Å². The van der Waals surface area contributed by atoms with E-state index in [0.717, 1.165) is 21.9 Å². The predicted octanol–water partition coefficient (Wildman–Crippen LogP) is 1.95. The normalized spacial score (nSPS) is 20.5. The molecule has 2 rings (SSSR count). The molecule has 1 aromatic rings. The Morgan fingerprint density at radius 2 is 1.92 bits per heavy atom. The fourth-order valence-corrected chi connectivity index (χ4v) is 3.42. The lowest BCUT2D eigenvalue weighted by atomic mass is 9.96. The molecule has 2 N–H and O–H groups in total. The van der Waals surface area contributed by atoms with Gasteiger partial charge in [-0.25, -0.2) is 4.79 Å². The van der Waals surface area contributed by atoms with E-state index in [1.54, 1.807) is 11.7 Å². The molecule has 0 aliphatic carbocycles. The summed E-state index contributed by atoms with van der Waals surface area (Å²) < 4.78 is 40.8. The zero-order chi connectivity index (χ0) is 19.6. The highest BCUT2D eigenvalue weighted by Crippen LogP contribution is 2.37. The topological polar surface area (TPSA) is 87.5 Å². The maximum atomic E-state index is 13.0. The van der Waals surface area contributed by atoms with Gasteiger partial charge in [-0.3, -0.25) is 9.48 Å². The summed E-state index contributed by atoms with van der Waals surface area (Å²) in [5.74, 6) is -5.24. The number of hydrogen-bond donors (Lipinski definition) is 2. The second-order valence-electron chi connectivity index (χ2n) is 6.36. The van der Waals surface area contributed by atoms with Gasteiger partial charge in [0.1, 0.15) is 0 Å². The molecular weight excluding hydrogens is 353 g/mol. The number of alkyl halides is 3. The number of aliphatic carboxylic acids is 1. The van der Waals surface area contributed by atoms with E-state index in [-0.39, 0.29) is 6.54 Å². The molecule has 10 heteroatoms. The first-order valence-corrected chi connectivity index (χ1v) is 8.45. The van der Waals surface area contributed by atoms with Crippen molar-refractivity contribution in [2.75, 3.05) is 13.1 Å². The lowest BCUT2D eigenvalue weighted by Gasteiger charge is -2.19. The van der Waals surface area contributed by atoms with Crippen molar-refractivity contribution < 1.29 is 27.9 Å². The van der Waals surface area contributed by atoms with Gasteiger partial charge in [-0.2, -0.15) is 18.3 Å². The Kier molecular flexibility index (Phi) is 5.82. The van der Waals surface area contributed by atoms with Crippen molar-refractivity contribution in [2.45, 2.75) is 39.4 Å². The van der Waals surface area contributed by atoms with Crippen LogP contribution in [0.15, 0.2) is 0 Å². The average Bonchev–Trinajstić information content (AvgIpc) is 3.13. The smallest absolute Gasteiger partial charge is 0.394 e. The summed E-state index contributed by atoms with van der Waals surface area (Å²) in [5.41, 5.74) is 2.62. The van der Waals surface area contributed by atoms with Gasteiger partial charge < -0.3 is 15.3 Å². The number of aromatic nitrogens is 2. The number of amides is 2. The van der Waals surface area contributed by atoms with Crippen LogP contribution in [0, 0.1) is 11.8 Å². The summed E-state index contributed by atoms with van der Waals surface area (Å²) in [4.78, 5) is 24.3. The van der Waals surface area contributed by atoms with Gasteiger partial charge in [-0.15, -0.1) is 0 Å². The molecule has 1 aliphatic rings. The van der Waals surface area contributed by atoms with Crippen LogP contribution in [0.1, 0.15) is 30.8 Å². The Hall–Kier alpha value is -2.26. The van der Waals surface area contributed by atoms with Gasteiger partial charge in [0.15, 0.2) is 0 Å². The van der Waals surface area contributed by atoms with Crippen LogP contribution in [0.25, 0.3) is 0 Å². The maximum Gasteiger partial charge on any atom is 0.394 e. The largest absolute Gasteiger partial charge is 0.481 e. The summed E-state index contributed by atoms with van der Waals surface area (Å²) in [6.45, 7) is 2.91. The standard InChI is InChI=1S/C16H23F3N4O3/c1-4-12-9(13(5-2)22(3)21-12)6-20-15(26)23-7-10(14(24)25)11(8-23)16(17,18)19/h10-11H,4-8H2,1-3H3,(H,20,26)(H,24,25)/t10-,11-/m1/s1. The lowest BCUT2D eigenvalue weighted by molar-refractivity contribution is -0.187. The van der Waals surface area contributed by atoms with Gasteiger partial charge in [0.2, 0.25) is 0 Å². The van der Waals surface area contributed by atoms with E-state index in [1.807, 2.05) is 13.8 Å². The molecule has 1 saturated heterocycles. The fourth-order valence-electron chi connectivity index (χ4n) is 3.42. The van der Waals surface area contributed by atoms with Crippen LogP contribution < -0.4 is 5.32 Å². The van der Waals surface area contributed by atoms with Crippen molar-refractivity contribution in [1.29, 1.82) is 0 Å². The fraction of sp³-hybridized carbons (Fsp3) is 0.688. The molecule has 0 bridgehead atoms. The minimum Gasteiger partial charge on any atom is -0.481 e. The van der Waals surface area contributed by atoms with Gasteiger partial charge >= 0.3 is 18.2 Å². The molecule has 1 fully saturated rings. The van der Waals surface area contributed by atoms with Gasteiger partial charge in [0, 0.05) is 37.9 Å². The molecule has 0 aromatic carbocycles. The Bertz CT molecular complexity index is 687. The number of carbonyl (C=O) groups is 2. The van der Waals surface area contributed by atoms with Crippen LogP contribution in [-0.2, 0) is 31.2 Å². The number of hydrogen-bond acceptors (Lipinski definition) is 3. The van der Waals surface area contributed by atoms with E-state index in [4.69, 9.17) is 5.11 Å². The summed E-state index contributed by atoms with van der Waals surface area (Å²) in [5, 5.41) is 16.0. The quantitative estimate of drug-likeness (QED) is 0.822. The predicted molar refractivity (Wildman–Crippen MR) is 86.4 cm³/mol. The highest BCUT2D eigenvalue weighted by Gasteiger charge is 2.53. The van der Waals surface area contributed by atoms with E-state index in [0.29, 0.717) is 12.8 Å². The molecule has 0 radical (unpaired) electrons. The molecule has 2 atom stereocenters. The summed E-state index contributed by atoms with van der Waals surface area (Å²) in [6.07, 6.45) is -3.29. The Labute approximate surface area is 149 Å². The number of nitrogens with one attached hydrogen (secondary N) is 1. The van der Waals surface area contributed by atoms with Gasteiger partial charge in [-0.05, 0) is 12.8 Å². The Morgan fingerprint density at radius 1 is 1.27 bits per heavy atom. The molecule has 146 valence electrons. The third kappa shape index (κ3) is 3.94. The van der Waals surface area contributed by atoms with Crippen molar-refractivity contribution >= 4 is 12.0 Å². The van der Waals surface area contributed by atoms with Crippen LogP contribution in [0.3, 0.4) is 0 Å². The molecule has 1 aromatic heterocycles. The van der Waals surface area contributed by atoms with Crippen LogP contribution in [-0.4, -0.2) is 51.1 Å². The number of aryl methyl sites for hydroxylation is 2. The highest BCUT2D eigenvalue weighted by molar-refractivity contribution is 5.77. The minimum atomic E-state index is -4.66. The third-order valence-corrected chi connectivity index (χ3v) is 4.79. The van der Waals surface area contributed by atoms with Gasteiger partial charge in [0.25, 0.3) is 0 Å². The Balaban J connectivity index is 2.09. The van der Waals surface area contributed by atoms with E-state index >= 15 is 0 Å². The molecule has 1 aliphatic heterocycles. The maximum absolute atomic E-state index is 13.0.